The normalized spacial score (nSPS) is 14.3. The molecule has 0 aromatic rings. The summed E-state index contributed by atoms with van der Waals surface area (Å²) in [5.74, 6) is -1.13. The third-order valence-electron chi connectivity index (χ3n) is 2.62. The maximum Gasteiger partial charge on any atom is 0.326 e. The highest BCUT2D eigenvalue weighted by atomic mass is 16.4. The molecule has 0 aliphatic carbocycles. The van der Waals surface area contributed by atoms with Gasteiger partial charge in [-0.05, 0) is 38.1 Å². The average molecular weight is 259 g/mol. The molecule has 0 saturated heterocycles. The van der Waals surface area contributed by atoms with Crippen molar-refractivity contribution < 1.29 is 14.7 Å². The van der Waals surface area contributed by atoms with Crippen LogP contribution in [-0.2, 0) is 9.59 Å². The van der Waals surface area contributed by atoms with Crippen molar-refractivity contribution >= 4 is 11.9 Å². The van der Waals surface area contributed by atoms with Gasteiger partial charge >= 0.3 is 5.97 Å². The van der Waals surface area contributed by atoms with Crippen LogP contribution in [0.15, 0.2) is 0 Å². The Labute approximate surface area is 108 Å². The molecule has 0 bridgehead atoms. The fourth-order valence-electron chi connectivity index (χ4n) is 1.64. The molecule has 0 saturated carbocycles. The first-order valence-corrected chi connectivity index (χ1v) is 6.37. The summed E-state index contributed by atoms with van der Waals surface area (Å²) in [7, 11) is 0. The van der Waals surface area contributed by atoms with Crippen LogP contribution in [0.1, 0.15) is 39.5 Å². The number of carboxylic acids is 1. The molecule has 0 radical (unpaired) electrons. The number of carbonyl (C=O) groups is 2. The first kappa shape index (κ1) is 16.9. The number of unbranched alkanes of at least 4 members (excludes halogenated alkanes) is 1. The smallest absolute Gasteiger partial charge is 0.326 e. The molecule has 0 aliphatic heterocycles. The zero-order chi connectivity index (χ0) is 14.1. The maximum absolute atomic E-state index is 11.7. The molecule has 0 aromatic heterocycles. The fourth-order valence-corrected chi connectivity index (χ4v) is 1.64. The van der Waals surface area contributed by atoms with Crippen molar-refractivity contribution in [3.05, 3.63) is 0 Å². The second-order valence-electron chi connectivity index (χ2n) is 4.92. The predicted octanol–water partition coefficient (Wildman–Crippen LogP) is 0.0582. The van der Waals surface area contributed by atoms with Crippen molar-refractivity contribution in [3.63, 3.8) is 0 Å². The van der Waals surface area contributed by atoms with Crippen molar-refractivity contribution in [2.24, 2.45) is 17.4 Å². The first-order chi connectivity index (χ1) is 8.38. The minimum atomic E-state index is -1.03. The van der Waals surface area contributed by atoms with E-state index in [9.17, 15) is 9.59 Å². The molecule has 0 fully saturated rings. The summed E-state index contributed by atoms with van der Waals surface area (Å²) in [5.41, 5.74) is 11.0. The van der Waals surface area contributed by atoms with Crippen LogP contribution in [0, 0.1) is 5.92 Å². The lowest BCUT2D eigenvalue weighted by molar-refractivity contribution is -0.142. The van der Waals surface area contributed by atoms with E-state index in [1.165, 1.54) is 0 Å². The van der Waals surface area contributed by atoms with Gasteiger partial charge in [-0.1, -0.05) is 13.8 Å². The van der Waals surface area contributed by atoms with Gasteiger partial charge in [-0.3, -0.25) is 4.79 Å². The van der Waals surface area contributed by atoms with Gasteiger partial charge in [-0.25, -0.2) is 4.79 Å². The standard InChI is InChI=1S/C12H25N3O3/c1-8(2)7-9(14)11(16)15-10(12(17)18)5-3-4-6-13/h8-10H,3-7,13-14H2,1-2H3,(H,15,16)(H,17,18)/t9-,10+/m1/s1. The molecule has 0 unspecified atom stereocenters. The summed E-state index contributed by atoms with van der Waals surface area (Å²) in [6, 6.07) is -1.52. The van der Waals surface area contributed by atoms with Crippen LogP contribution in [-0.4, -0.2) is 35.6 Å². The van der Waals surface area contributed by atoms with Gasteiger partial charge in [0.1, 0.15) is 6.04 Å². The molecule has 6 nitrogen and oxygen atoms in total. The third kappa shape index (κ3) is 7.24. The zero-order valence-corrected chi connectivity index (χ0v) is 11.2. The number of hydrogen-bond donors (Lipinski definition) is 4. The molecule has 6 N–H and O–H groups in total. The lowest BCUT2D eigenvalue weighted by Crippen LogP contribution is -2.48. The Morgan fingerprint density at radius 1 is 1.28 bits per heavy atom. The number of aliphatic carboxylic acids is 1. The van der Waals surface area contributed by atoms with Gasteiger partial charge in [0.25, 0.3) is 0 Å². The number of amides is 1. The van der Waals surface area contributed by atoms with Crippen LogP contribution < -0.4 is 16.8 Å². The van der Waals surface area contributed by atoms with Crippen molar-refractivity contribution in [2.75, 3.05) is 6.54 Å². The van der Waals surface area contributed by atoms with Crippen LogP contribution in [0.2, 0.25) is 0 Å². The molecule has 0 spiro atoms. The highest BCUT2D eigenvalue weighted by molar-refractivity contribution is 5.86. The lowest BCUT2D eigenvalue weighted by Gasteiger charge is -2.18. The van der Waals surface area contributed by atoms with Gasteiger partial charge in [-0.2, -0.15) is 0 Å². The summed E-state index contributed by atoms with van der Waals surface area (Å²) in [6.45, 7) is 4.44. The number of hydrogen-bond acceptors (Lipinski definition) is 4. The summed E-state index contributed by atoms with van der Waals surface area (Å²) in [4.78, 5) is 22.7. The molecule has 0 heterocycles. The van der Waals surface area contributed by atoms with E-state index in [-0.39, 0.29) is 0 Å². The zero-order valence-electron chi connectivity index (χ0n) is 11.2. The molecule has 0 aliphatic rings. The maximum atomic E-state index is 11.7. The molecule has 18 heavy (non-hydrogen) atoms. The summed E-state index contributed by atoms with van der Waals surface area (Å²) in [6.07, 6.45) is 2.35. The SMILES string of the molecule is CC(C)C[C@@H](N)C(=O)N[C@@H](CCCCN)C(=O)O. The summed E-state index contributed by atoms with van der Waals surface area (Å²) in [5, 5.41) is 11.5. The van der Waals surface area contributed by atoms with Crippen molar-refractivity contribution in [1.82, 2.24) is 5.32 Å². The molecule has 6 heteroatoms. The van der Waals surface area contributed by atoms with E-state index in [2.05, 4.69) is 5.32 Å². The van der Waals surface area contributed by atoms with E-state index in [0.29, 0.717) is 31.7 Å². The Balaban J connectivity index is 4.22. The molecule has 2 atom stereocenters. The Bertz CT molecular complexity index is 269. The largest absolute Gasteiger partial charge is 0.480 e. The third-order valence-corrected chi connectivity index (χ3v) is 2.62. The van der Waals surface area contributed by atoms with E-state index >= 15 is 0 Å². The Morgan fingerprint density at radius 3 is 2.33 bits per heavy atom. The summed E-state index contributed by atoms with van der Waals surface area (Å²) >= 11 is 0. The molecule has 106 valence electrons. The highest BCUT2D eigenvalue weighted by Crippen LogP contribution is 2.05. The number of carboxylic acid groups (broad SMARTS) is 1. The Hall–Kier alpha value is -1.14. The number of nitrogens with two attached hydrogens (primary N) is 2. The predicted molar refractivity (Wildman–Crippen MR) is 69.9 cm³/mol. The Morgan fingerprint density at radius 2 is 1.89 bits per heavy atom. The van der Waals surface area contributed by atoms with Crippen molar-refractivity contribution in [3.8, 4) is 0 Å². The van der Waals surface area contributed by atoms with E-state index < -0.39 is 24.0 Å². The second kappa shape index (κ2) is 8.88. The van der Waals surface area contributed by atoms with E-state index in [0.717, 1.165) is 6.42 Å². The first-order valence-electron chi connectivity index (χ1n) is 6.37. The van der Waals surface area contributed by atoms with E-state index in [1.54, 1.807) is 0 Å². The number of carbonyl (C=O) groups excluding carboxylic acids is 1. The summed E-state index contributed by atoms with van der Waals surface area (Å²) < 4.78 is 0. The molecular formula is C12H25N3O3. The molecular weight excluding hydrogens is 234 g/mol. The van der Waals surface area contributed by atoms with Crippen molar-refractivity contribution in [1.29, 1.82) is 0 Å². The average Bonchev–Trinajstić information content (AvgIpc) is 2.26. The minimum Gasteiger partial charge on any atom is -0.480 e. The Kier molecular flexibility index (Phi) is 8.32. The van der Waals surface area contributed by atoms with E-state index in [4.69, 9.17) is 16.6 Å². The number of nitrogens with one attached hydrogen (secondary N) is 1. The number of rotatable bonds is 9. The van der Waals surface area contributed by atoms with Gasteiger partial charge in [0.15, 0.2) is 0 Å². The monoisotopic (exact) mass is 259 g/mol. The van der Waals surface area contributed by atoms with Crippen molar-refractivity contribution in [2.45, 2.75) is 51.6 Å². The van der Waals surface area contributed by atoms with Crippen LogP contribution in [0.4, 0.5) is 0 Å². The molecule has 0 rings (SSSR count). The molecule has 0 aromatic carbocycles. The fraction of sp³-hybridized carbons (Fsp3) is 0.833. The van der Waals surface area contributed by atoms with Gasteiger partial charge in [0.2, 0.25) is 5.91 Å². The second-order valence-corrected chi connectivity index (χ2v) is 4.92. The molecule has 1 amide bonds. The van der Waals surface area contributed by atoms with E-state index in [1.807, 2.05) is 13.8 Å². The van der Waals surface area contributed by atoms with Crippen LogP contribution in [0.25, 0.3) is 0 Å². The van der Waals surface area contributed by atoms with Gasteiger partial charge in [-0.15, -0.1) is 0 Å². The van der Waals surface area contributed by atoms with Gasteiger partial charge in [0, 0.05) is 0 Å². The van der Waals surface area contributed by atoms with Crippen LogP contribution in [0.3, 0.4) is 0 Å². The topological polar surface area (TPSA) is 118 Å². The van der Waals surface area contributed by atoms with Crippen LogP contribution in [0.5, 0.6) is 0 Å². The van der Waals surface area contributed by atoms with Crippen LogP contribution >= 0.6 is 0 Å². The quantitative estimate of drug-likeness (QED) is 0.437. The lowest BCUT2D eigenvalue weighted by atomic mass is 10.0. The minimum absolute atomic E-state index is 0.297. The highest BCUT2D eigenvalue weighted by Gasteiger charge is 2.23. The van der Waals surface area contributed by atoms with Gasteiger partial charge < -0.3 is 21.9 Å². The van der Waals surface area contributed by atoms with Gasteiger partial charge in [0.05, 0.1) is 6.04 Å².